The van der Waals surface area contributed by atoms with E-state index >= 15 is 0 Å². The average molecular weight is 116 g/mol. The zero-order valence-corrected chi connectivity index (χ0v) is 4.83. The van der Waals surface area contributed by atoms with Gasteiger partial charge < -0.3 is 14.3 Å². The second-order valence-electron chi connectivity index (χ2n) is 1.91. The van der Waals surface area contributed by atoms with Crippen molar-refractivity contribution in [3.63, 3.8) is 0 Å². The Kier molecular flexibility index (Phi) is 1.88. The first-order valence-corrected chi connectivity index (χ1v) is 2.74. The van der Waals surface area contributed by atoms with Gasteiger partial charge in [0.05, 0.1) is 0 Å². The quantitative estimate of drug-likeness (QED) is 0.445. The molecule has 0 aliphatic carbocycles. The molecule has 1 aliphatic rings. The van der Waals surface area contributed by atoms with Crippen LogP contribution >= 0.6 is 0 Å². The van der Waals surface area contributed by atoms with Crippen LogP contribution in [0, 0.1) is 0 Å². The van der Waals surface area contributed by atoms with Crippen molar-refractivity contribution in [1.82, 2.24) is 0 Å². The highest BCUT2D eigenvalue weighted by molar-refractivity contribution is 6.34. The fourth-order valence-electron chi connectivity index (χ4n) is 0.641. The van der Waals surface area contributed by atoms with Gasteiger partial charge in [-0.25, -0.2) is 0 Å². The van der Waals surface area contributed by atoms with E-state index in [0.29, 0.717) is 6.61 Å². The molecule has 1 fully saturated rings. The van der Waals surface area contributed by atoms with Crippen LogP contribution in [-0.4, -0.2) is 25.1 Å². The van der Waals surface area contributed by atoms with E-state index in [4.69, 9.17) is 9.68 Å². The molecule has 1 aliphatic heterocycles. The first kappa shape index (κ1) is 6.07. The molecule has 8 heavy (non-hydrogen) atoms. The number of rotatable bonds is 0. The number of hydrogen-bond acceptors (Lipinski definition) is 3. The second kappa shape index (κ2) is 2.48. The molecule has 1 atom stereocenters. The first-order valence-electron chi connectivity index (χ1n) is 2.74. The molecule has 0 aromatic heterocycles. The summed E-state index contributed by atoms with van der Waals surface area (Å²) in [5.41, 5.74) is 0. The van der Waals surface area contributed by atoms with Crippen molar-refractivity contribution < 1.29 is 14.3 Å². The van der Waals surface area contributed by atoms with Gasteiger partial charge in [-0.1, -0.05) is 0 Å². The maximum atomic E-state index is 8.64. The van der Waals surface area contributed by atoms with Crippen molar-refractivity contribution in [2.45, 2.75) is 19.4 Å². The van der Waals surface area contributed by atoms with Crippen molar-refractivity contribution in [2.75, 3.05) is 6.61 Å². The van der Waals surface area contributed by atoms with Gasteiger partial charge in [0.15, 0.2) is 0 Å². The highest BCUT2D eigenvalue weighted by Gasteiger charge is 2.23. The SMILES string of the molecule is C[C@H]1CCOB(O)O1. The van der Waals surface area contributed by atoms with E-state index in [1.165, 1.54) is 0 Å². The summed E-state index contributed by atoms with van der Waals surface area (Å²) < 4.78 is 9.50. The van der Waals surface area contributed by atoms with Gasteiger partial charge in [0.2, 0.25) is 0 Å². The zero-order valence-electron chi connectivity index (χ0n) is 4.83. The van der Waals surface area contributed by atoms with E-state index in [9.17, 15) is 0 Å². The monoisotopic (exact) mass is 116 g/mol. The summed E-state index contributed by atoms with van der Waals surface area (Å²) >= 11 is 0. The molecule has 0 saturated carbocycles. The standard InChI is InChI=1S/C4H9BO3/c1-4-2-3-7-5(6)8-4/h4,6H,2-3H2,1H3/t4-/m0/s1. The van der Waals surface area contributed by atoms with E-state index < -0.39 is 7.32 Å². The van der Waals surface area contributed by atoms with Crippen LogP contribution in [0.2, 0.25) is 0 Å². The summed E-state index contributed by atoms with van der Waals surface area (Å²) in [6, 6.07) is 0. The molecular weight excluding hydrogens is 107 g/mol. The Morgan fingerprint density at radius 1 is 1.75 bits per heavy atom. The molecule has 1 heterocycles. The third kappa shape index (κ3) is 1.47. The summed E-state index contributed by atoms with van der Waals surface area (Å²) in [5, 5.41) is 8.64. The predicted octanol–water partition coefficient (Wildman–Crippen LogP) is -0.211. The van der Waals surface area contributed by atoms with Crippen LogP contribution < -0.4 is 0 Å². The Labute approximate surface area is 48.8 Å². The van der Waals surface area contributed by atoms with Crippen molar-refractivity contribution in [2.24, 2.45) is 0 Å². The molecule has 0 amide bonds. The van der Waals surface area contributed by atoms with Crippen LogP contribution in [0.25, 0.3) is 0 Å². The largest absolute Gasteiger partial charge is 0.636 e. The molecule has 0 unspecified atom stereocenters. The van der Waals surface area contributed by atoms with Crippen molar-refractivity contribution in [1.29, 1.82) is 0 Å². The molecule has 0 aromatic carbocycles. The van der Waals surface area contributed by atoms with E-state index in [-0.39, 0.29) is 6.10 Å². The molecule has 1 rings (SSSR count). The fourth-order valence-corrected chi connectivity index (χ4v) is 0.641. The van der Waals surface area contributed by atoms with E-state index in [2.05, 4.69) is 4.65 Å². The highest BCUT2D eigenvalue weighted by Crippen LogP contribution is 2.05. The molecular formula is C4H9BO3. The minimum atomic E-state index is -0.987. The van der Waals surface area contributed by atoms with Gasteiger partial charge in [0.25, 0.3) is 0 Å². The van der Waals surface area contributed by atoms with E-state index in [1.807, 2.05) is 6.92 Å². The Hall–Kier alpha value is -0.0551. The van der Waals surface area contributed by atoms with Crippen LogP contribution in [0.3, 0.4) is 0 Å². The topological polar surface area (TPSA) is 38.7 Å². The maximum Gasteiger partial charge on any atom is 0.636 e. The van der Waals surface area contributed by atoms with Crippen LogP contribution in [-0.2, 0) is 9.31 Å². The molecule has 0 spiro atoms. The molecule has 46 valence electrons. The van der Waals surface area contributed by atoms with E-state index in [1.54, 1.807) is 0 Å². The Bertz CT molecular complexity index is 69.7. The summed E-state index contributed by atoms with van der Waals surface area (Å²) in [5.74, 6) is 0. The van der Waals surface area contributed by atoms with Gasteiger partial charge in [-0.05, 0) is 13.3 Å². The Morgan fingerprint density at radius 3 is 2.88 bits per heavy atom. The maximum absolute atomic E-state index is 8.64. The molecule has 1 saturated heterocycles. The predicted molar refractivity (Wildman–Crippen MR) is 29.1 cm³/mol. The van der Waals surface area contributed by atoms with Crippen LogP contribution in [0.1, 0.15) is 13.3 Å². The fraction of sp³-hybridized carbons (Fsp3) is 1.00. The summed E-state index contributed by atoms with van der Waals surface area (Å²) in [7, 11) is -0.987. The van der Waals surface area contributed by atoms with Gasteiger partial charge >= 0.3 is 7.32 Å². The van der Waals surface area contributed by atoms with Crippen LogP contribution in [0.15, 0.2) is 0 Å². The highest BCUT2D eigenvalue weighted by atomic mass is 16.7. The minimum Gasteiger partial charge on any atom is -0.402 e. The van der Waals surface area contributed by atoms with Gasteiger partial charge in [0, 0.05) is 12.7 Å². The van der Waals surface area contributed by atoms with Gasteiger partial charge in [0.1, 0.15) is 0 Å². The van der Waals surface area contributed by atoms with Crippen molar-refractivity contribution in [3.8, 4) is 0 Å². The van der Waals surface area contributed by atoms with Gasteiger partial charge in [-0.3, -0.25) is 0 Å². The van der Waals surface area contributed by atoms with Crippen LogP contribution in [0.5, 0.6) is 0 Å². The molecule has 4 heteroatoms. The number of hydrogen-bond donors (Lipinski definition) is 1. The van der Waals surface area contributed by atoms with Gasteiger partial charge in [-0.15, -0.1) is 0 Å². The molecule has 0 bridgehead atoms. The Morgan fingerprint density at radius 2 is 2.50 bits per heavy atom. The Balaban J connectivity index is 2.23. The lowest BCUT2D eigenvalue weighted by Crippen LogP contribution is -2.34. The minimum absolute atomic E-state index is 0.138. The summed E-state index contributed by atoms with van der Waals surface area (Å²) in [4.78, 5) is 0. The second-order valence-corrected chi connectivity index (χ2v) is 1.91. The average Bonchev–Trinajstić information content (AvgIpc) is 1.64. The summed E-state index contributed by atoms with van der Waals surface area (Å²) in [6.07, 6.45) is 1.01. The van der Waals surface area contributed by atoms with Crippen molar-refractivity contribution >= 4 is 7.32 Å². The third-order valence-electron chi connectivity index (χ3n) is 1.13. The summed E-state index contributed by atoms with van der Waals surface area (Å²) in [6.45, 7) is 2.51. The van der Waals surface area contributed by atoms with Crippen molar-refractivity contribution in [3.05, 3.63) is 0 Å². The molecule has 0 radical (unpaired) electrons. The lowest BCUT2D eigenvalue weighted by Gasteiger charge is -2.20. The van der Waals surface area contributed by atoms with E-state index in [0.717, 1.165) is 6.42 Å². The smallest absolute Gasteiger partial charge is 0.402 e. The normalized spacial score (nSPS) is 30.8. The van der Waals surface area contributed by atoms with Crippen LogP contribution in [0.4, 0.5) is 0 Å². The molecule has 3 nitrogen and oxygen atoms in total. The zero-order chi connectivity index (χ0) is 5.98. The lowest BCUT2D eigenvalue weighted by molar-refractivity contribution is 0.0365. The molecule has 1 N–H and O–H groups in total. The van der Waals surface area contributed by atoms with Gasteiger partial charge in [-0.2, -0.15) is 0 Å². The third-order valence-corrected chi connectivity index (χ3v) is 1.13. The lowest BCUT2D eigenvalue weighted by atomic mass is 10.1. The molecule has 0 aromatic rings. The first-order chi connectivity index (χ1) is 3.79.